The number of nitrogens with two attached hydrogens (primary N) is 1. The quantitative estimate of drug-likeness (QED) is 0.815. The van der Waals surface area contributed by atoms with Crippen LogP contribution in [0.15, 0.2) is 30.3 Å². The largest absolute Gasteiger partial charge is 0.352 e. The highest BCUT2D eigenvalue weighted by atomic mass is 16.2. The molecule has 1 aromatic rings. The first-order chi connectivity index (χ1) is 11.1. The van der Waals surface area contributed by atoms with E-state index in [0.717, 1.165) is 38.9 Å². The number of likely N-dealkylation sites (tertiary alicyclic amines) is 1. The van der Waals surface area contributed by atoms with E-state index >= 15 is 0 Å². The maximum atomic E-state index is 12.1. The van der Waals surface area contributed by atoms with Crippen molar-refractivity contribution in [2.24, 2.45) is 5.73 Å². The number of carbonyl (C=O) groups excluding carboxylic acids is 2. The number of likely N-dealkylation sites (N-methyl/N-ethyl adjacent to an activating group) is 1. The molecule has 0 bridgehead atoms. The Balaban J connectivity index is 1.80. The predicted molar refractivity (Wildman–Crippen MR) is 90.0 cm³/mol. The van der Waals surface area contributed by atoms with Crippen molar-refractivity contribution in [3.05, 3.63) is 35.9 Å². The molecular formula is C17H26N4O2. The Morgan fingerprint density at radius 2 is 2.09 bits per heavy atom. The molecule has 1 unspecified atom stereocenters. The molecule has 1 aliphatic rings. The van der Waals surface area contributed by atoms with Crippen molar-refractivity contribution in [1.82, 2.24) is 15.1 Å². The average molecular weight is 318 g/mol. The second-order valence-corrected chi connectivity index (χ2v) is 6.05. The fourth-order valence-electron chi connectivity index (χ4n) is 2.97. The number of nitrogens with one attached hydrogen (secondary N) is 1. The monoisotopic (exact) mass is 318 g/mol. The minimum Gasteiger partial charge on any atom is -0.352 e. The Morgan fingerprint density at radius 1 is 1.35 bits per heavy atom. The van der Waals surface area contributed by atoms with E-state index in [1.165, 1.54) is 5.56 Å². The summed E-state index contributed by atoms with van der Waals surface area (Å²) in [6.07, 6.45) is 3.11. The third-order valence-corrected chi connectivity index (χ3v) is 4.40. The summed E-state index contributed by atoms with van der Waals surface area (Å²) in [4.78, 5) is 26.9. The number of primary amides is 1. The maximum absolute atomic E-state index is 12.1. The van der Waals surface area contributed by atoms with Crippen molar-refractivity contribution in [1.29, 1.82) is 0 Å². The van der Waals surface area contributed by atoms with Crippen molar-refractivity contribution in [3.8, 4) is 0 Å². The van der Waals surface area contributed by atoms with Gasteiger partial charge in [-0.2, -0.15) is 0 Å². The van der Waals surface area contributed by atoms with Gasteiger partial charge in [0.2, 0.25) is 5.91 Å². The van der Waals surface area contributed by atoms with Gasteiger partial charge in [-0.25, -0.2) is 4.79 Å². The molecule has 0 aliphatic carbocycles. The smallest absolute Gasteiger partial charge is 0.312 e. The molecule has 1 fully saturated rings. The first kappa shape index (κ1) is 17.3. The maximum Gasteiger partial charge on any atom is 0.312 e. The summed E-state index contributed by atoms with van der Waals surface area (Å²) in [6.45, 7) is 2.92. The topological polar surface area (TPSA) is 78.7 Å². The number of carbonyl (C=O) groups is 2. The zero-order chi connectivity index (χ0) is 16.7. The fraction of sp³-hybridized carbons (Fsp3) is 0.529. The Hall–Kier alpha value is -2.08. The molecule has 6 heteroatoms. The molecule has 0 spiro atoms. The SMILES string of the molecule is CN(C(=O)CNC(N)=O)C1CCCN(CCc2ccccc2)C1. The summed E-state index contributed by atoms with van der Waals surface area (Å²) in [5.74, 6) is -0.0984. The van der Waals surface area contributed by atoms with Crippen LogP contribution in [0.5, 0.6) is 0 Å². The van der Waals surface area contributed by atoms with E-state index in [9.17, 15) is 9.59 Å². The predicted octanol–water partition coefficient (Wildman–Crippen LogP) is 0.820. The van der Waals surface area contributed by atoms with Gasteiger partial charge in [0.1, 0.15) is 0 Å². The Morgan fingerprint density at radius 3 is 2.78 bits per heavy atom. The summed E-state index contributed by atoms with van der Waals surface area (Å²) in [7, 11) is 1.80. The van der Waals surface area contributed by atoms with Crippen LogP contribution < -0.4 is 11.1 Å². The van der Waals surface area contributed by atoms with Crippen LogP contribution in [0.25, 0.3) is 0 Å². The van der Waals surface area contributed by atoms with E-state index in [-0.39, 0.29) is 18.5 Å². The number of hydrogen-bond acceptors (Lipinski definition) is 3. The molecule has 1 aromatic carbocycles. The molecule has 2 rings (SSSR count). The molecule has 1 heterocycles. The zero-order valence-electron chi connectivity index (χ0n) is 13.7. The summed E-state index contributed by atoms with van der Waals surface area (Å²) in [5.41, 5.74) is 6.34. The molecule has 1 saturated heterocycles. The Bertz CT molecular complexity index is 521. The van der Waals surface area contributed by atoms with Crippen molar-refractivity contribution in [3.63, 3.8) is 0 Å². The number of rotatable bonds is 6. The van der Waals surface area contributed by atoms with Crippen molar-refractivity contribution in [2.75, 3.05) is 33.2 Å². The molecule has 3 N–H and O–H groups in total. The summed E-state index contributed by atoms with van der Waals surface area (Å²) in [5, 5.41) is 2.36. The molecule has 0 saturated carbocycles. The van der Waals surface area contributed by atoms with Crippen LogP contribution in [0.3, 0.4) is 0 Å². The Labute approximate surface area is 137 Å². The number of benzene rings is 1. The van der Waals surface area contributed by atoms with Crippen LogP contribution in [0, 0.1) is 0 Å². The number of nitrogens with zero attached hydrogens (tertiary/aromatic N) is 2. The van der Waals surface area contributed by atoms with Crippen LogP contribution >= 0.6 is 0 Å². The molecule has 126 valence electrons. The summed E-state index contributed by atoms with van der Waals surface area (Å²) in [6, 6.07) is 9.97. The van der Waals surface area contributed by atoms with Gasteiger partial charge in [0.05, 0.1) is 6.54 Å². The molecule has 6 nitrogen and oxygen atoms in total. The van der Waals surface area contributed by atoms with Gasteiger partial charge in [-0.15, -0.1) is 0 Å². The van der Waals surface area contributed by atoms with Crippen LogP contribution in [-0.2, 0) is 11.2 Å². The highest BCUT2D eigenvalue weighted by Crippen LogP contribution is 2.15. The lowest BCUT2D eigenvalue weighted by molar-refractivity contribution is -0.131. The number of hydrogen-bond donors (Lipinski definition) is 2. The lowest BCUT2D eigenvalue weighted by Gasteiger charge is -2.37. The summed E-state index contributed by atoms with van der Waals surface area (Å²) < 4.78 is 0. The molecule has 0 radical (unpaired) electrons. The average Bonchev–Trinajstić information content (AvgIpc) is 2.58. The fourth-order valence-corrected chi connectivity index (χ4v) is 2.97. The minimum absolute atomic E-state index is 0.0354. The van der Waals surface area contributed by atoms with Gasteiger partial charge in [0.15, 0.2) is 0 Å². The van der Waals surface area contributed by atoms with E-state index in [1.54, 1.807) is 11.9 Å². The van der Waals surface area contributed by atoms with Gasteiger partial charge < -0.3 is 20.9 Å². The van der Waals surface area contributed by atoms with Gasteiger partial charge in [-0.05, 0) is 31.4 Å². The van der Waals surface area contributed by atoms with Gasteiger partial charge in [0, 0.05) is 26.2 Å². The third-order valence-electron chi connectivity index (χ3n) is 4.40. The number of piperidine rings is 1. The van der Waals surface area contributed by atoms with Crippen molar-refractivity contribution >= 4 is 11.9 Å². The van der Waals surface area contributed by atoms with Gasteiger partial charge >= 0.3 is 6.03 Å². The normalized spacial score (nSPS) is 18.4. The van der Waals surface area contributed by atoms with E-state index in [1.807, 2.05) is 6.07 Å². The van der Waals surface area contributed by atoms with E-state index < -0.39 is 6.03 Å². The van der Waals surface area contributed by atoms with Crippen LogP contribution in [-0.4, -0.2) is 61.0 Å². The second-order valence-electron chi connectivity index (χ2n) is 6.05. The number of amides is 3. The first-order valence-electron chi connectivity index (χ1n) is 8.11. The van der Waals surface area contributed by atoms with Crippen LogP contribution in [0.4, 0.5) is 4.79 Å². The lowest BCUT2D eigenvalue weighted by Crippen LogP contribution is -2.51. The summed E-state index contributed by atoms with van der Waals surface area (Å²) >= 11 is 0. The van der Waals surface area contributed by atoms with Gasteiger partial charge in [-0.1, -0.05) is 30.3 Å². The highest BCUT2D eigenvalue weighted by Gasteiger charge is 2.25. The van der Waals surface area contributed by atoms with Crippen LogP contribution in [0.2, 0.25) is 0 Å². The van der Waals surface area contributed by atoms with Gasteiger partial charge in [0.25, 0.3) is 0 Å². The minimum atomic E-state index is -0.667. The van der Waals surface area contributed by atoms with E-state index in [0.29, 0.717) is 0 Å². The van der Waals surface area contributed by atoms with Crippen molar-refractivity contribution in [2.45, 2.75) is 25.3 Å². The number of urea groups is 1. The van der Waals surface area contributed by atoms with E-state index in [4.69, 9.17) is 5.73 Å². The molecule has 3 amide bonds. The molecular weight excluding hydrogens is 292 g/mol. The Kier molecular flexibility index (Phi) is 6.40. The van der Waals surface area contributed by atoms with E-state index in [2.05, 4.69) is 34.5 Å². The second kappa shape index (κ2) is 8.53. The van der Waals surface area contributed by atoms with Crippen molar-refractivity contribution < 1.29 is 9.59 Å². The molecule has 23 heavy (non-hydrogen) atoms. The zero-order valence-corrected chi connectivity index (χ0v) is 13.7. The molecule has 1 aliphatic heterocycles. The first-order valence-corrected chi connectivity index (χ1v) is 8.11. The molecule has 1 atom stereocenters. The third kappa shape index (κ3) is 5.56. The highest BCUT2D eigenvalue weighted by molar-refractivity contribution is 5.83. The molecule has 0 aromatic heterocycles. The standard InChI is InChI=1S/C17H26N4O2/c1-20(16(22)12-19-17(18)23)15-8-5-10-21(13-15)11-9-14-6-3-2-4-7-14/h2-4,6-7,15H,5,8-13H2,1H3,(H3,18,19,23). The lowest BCUT2D eigenvalue weighted by atomic mass is 10.0. The van der Waals surface area contributed by atoms with Crippen LogP contribution in [0.1, 0.15) is 18.4 Å². The van der Waals surface area contributed by atoms with Gasteiger partial charge in [-0.3, -0.25) is 4.79 Å².